The third-order valence-electron chi connectivity index (χ3n) is 3.84. The van der Waals surface area contributed by atoms with Crippen LogP contribution in [0.15, 0.2) is 18.2 Å². The maximum Gasteiger partial charge on any atom is 0.169 e. The molecule has 1 aromatic rings. The molecular weight excluding hydrogens is 255 g/mol. The van der Waals surface area contributed by atoms with Gasteiger partial charge in [0.25, 0.3) is 0 Å². The third-order valence-corrected chi connectivity index (χ3v) is 3.84. The van der Waals surface area contributed by atoms with Crippen molar-refractivity contribution in [2.75, 3.05) is 26.7 Å². The van der Waals surface area contributed by atoms with Crippen LogP contribution >= 0.6 is 0 Å². The second kappa shape index (κ2) is 7.60. The fraction of sp³-hybridized carbons (Fsp3) is 0.625. The van der Waals surface area contributed by atoms with E-state index < -0.39 is 0 Å². The number of hydrogen-bond acceptors (Lipinski definition) is 3. The van der Waals surface area contributed by atoms with Gasteiger partial charge in [-0.2, -0.15) is 0 Å². The molecule has 0 spiro atoms. The zero-order valence-electron chi connectivity index (χ0n) is 12.5. The van der Waals surface area contributed by atoms with Gasteiger partial charge in [-0.1, -0.05) is 19.1 Å². The Bertz CT molecular complexity index is 419. The summed E-state index contributed by atoms with van der Waals surface area (Å²) in [4.78, 5) is 2.33. The maximum absolute atomic E-state index is 14.2. The Labute approximate surface area is 121 Å². The fourth-order valence-electron chi connectivity index (χ4n) is 2.85. The van der Waals surface area contributed by atoms with Crippen LogP contribution in [0.2, 0.25) is 0 Å². The highest BCUT2D eigenvalue weighted by atomic mass is 19.1. The molecule has 1 atom stereocenters. The van der Waals surface area contributed by atoms with E-state index in [9.17, 15) is 4.39 Å². The van der Waals surface area contributed by atoms with Crippen molar-refractivity contribution in [3.8, 4) is 5.75 Å². The lowest BCUT2D eigenvalue weighted by atomic mass is 10.1. The number of benzene rings is 1. The standard InChI is InChI=1S/C16H25FN2O/c1-3-10-19(12-14-7-5-9-18-14)11-13-6-4-8-15(20-2)16(13)17/h4,6,8,14,18H,3,5,7,9-12H2,1-2H3. The molecule has 0 amide bonds. The van der Waals surface area contributed by atoms with Gasteiger partial charge in [0, 0.05) is 24.7 Å². The van der Waals surface area contributed by atoms with Crippen LogP contribution in [0.5, 0.6) is 5.75 Å². The first-order valence-electron chi connectivity index (χ1n) is 7.51. The monoisotopic (exact) mass is 280 g/mol. The Morgan fingerprint density at radius 3 is 2.95 bits per heavy atom. The van der Waals surface area contributed by atoms with Crippen molar-refractivity contribution in [1.29, 1.82) is 0 Å². The van der Waals surface area contributed by atoms with Crippen LogP contribution in [0, 0.1) is 5.82 Å². The Balaban J connectivity index is 2.03. The molecule has 2 rings (SSSR count). The predicted molar refractivity (Wildman–Crippen MR) is 79.5 cm³/mol. The minimum absolute atomic E-state index is 0.226. The minimum Gasteiger partial charge on any atom is -0.494 e. The lowest BCUT2D eigenvalue weighted by Crippen LogP contribution is -2.37. The number of halogens is 1. The maximum atomic E-state index is 14.2. The van der Waals surface area contributed by atoms with Crippen LogP contribution in [0.1, 0.15) is 31.7 Å². The van der Waals surface area contributed by atoms with E-state index in [4.69, 9.17) is 4.74 Å². The molecule has 0 bridgehead atoms. The number of ether oxygens (including phenoxy) is 1. The van der Waals surface area contributed by atoms with Gasteiger partial charge >= 0.3 is 0 Å². The highest BCUT2D eigenvalue weighted by Gasteiger charge is 2.19. The van der Waals surface area contributed by atoms with Crippen LogP contribution in [-0.2, 0) is 6.54 Å². The molecule has 1 aliphatic rings. The van der Waals surface area contributed by atoms with Crippen molar-refractivity contribution in [1.82, 2.24) is 10.2 Å². The molecule has 1 heterocycles. The quantitative estimate of drug-likeness (QED) is 0.831. The van der Waals surface area contributed by atoms with E-state index in [1.165, 1.54) is 20.0 Å². The van der Waals surface area contributed by atoms with Gasteiger partial charge in [-0.05, 0) is 38.4 Å². The molecule has 0 radical (unpaired) electrons. The molecule has 0 aromatic heterocycles. The van der Waals surface area contributed by atoms with Crippen LogP contribution in [-0.4, -0.2) is 37.7 Å². The average molecular weight is 280 g/mol. The third kappa shape index (κ3) is 3.93. The summed E-state index contributed by atoms with van der Waals surface area (Å²) in [6.45, 7) is 5.91. The molecule has 4 heteroatoms. The van der Waals surface area contributed by atoms with E-state index >= 15 is 0 Å². The van der Waals surface area contributed by atoms with E-state index in [-0.39, 0.29) is 5.82 Å². The van der Waals surface area contributed by atoms with Gasteiger partial charge in [0.15, 0.2) is 11.6 Å². The summed E-state index contributed by atoms with van der Waals surface area (Å²) in [5.74, 6) is 0.105. The summed E-state index contributed by atoms with van der Waals surface area (Å²) in [7, 11) is 1.51. The Hall–Kier alpha value is -1.13. The van der Waals surface area contributed by atoms with Gasteiger partial charge in [0.1, 0.15) is 0 Å². The predicted octanol–water partition coefficient (Wildman–Crippen LogP) is 2.80. The molecule has 1 aliphatic heterocycles. The summed E-state index contributed by atoms with van der Waals surface area (Å²) in [5.41, 5.74) is 0.718. The lowest BCUT2D eigenvalue weighted by molar-refractivity contribution is 0.237. The highest BCUT2D eigenvalue weighted by molar-refractivity contribution is 5.31. The van der Waals surface area contributed by atoms with Crippen molar-refractivity contribution < 1.29 is 9.13 Å². The summed E-state index contributed by atoms with van der Waals surface area (Å²) < 4.78 is 19.3. The molecule has 20 heavy (non-hydrogen) atoms. The molecule has 112 valence electrons. The zero-order chi connectivity index (χ0) is 14.4. The smallest absolute Gasteiger partial charge is 0.169 e. The number of nitrogens with one attached hydrogen (secondary N) is 1. The highest BCUT2D eigenvalue weighted by Crippen LogP contribution is 2.21. The molecule has 0 saturated carbocycles. The summed E-state index contributed by atoms with van der Waals surface area (Å²) in [5, 5.41) is 3.51. The molecule has 3 nitrogen and oxygen atoms in total. The Kier molecular flexibility index (Phi) is 5.80. The number of hydrogen-bond donors (Lipinski definition) is 1. The normalized spacial score (nSPS) is 18.7. The molecule has 0 aliphatic carbocycles. The van der Waals surface area contributed by atoms with Crippen molar-refractivity contribution in [2.24, 2.45) is 0 Å². The van der Waals surface area contributed by atoms with Crippen LogP contribution in [0.3, 0.4) is 0 Å². The Morgan fingerprint density at radius 1 is 1.45 bits per heavy atom. The molecule has 1 fully saturated rings. The number of methoxy groups -OCH3 is 1. The van der Waals surface area contributed by atoms with Gasteiger partial charge in [-0.25, -0.2) is 4.39 Å². The first kappa shape index (κ1) is 15.3. The molecule has 1 aromatic carbocycles. The van der Waals surface area contributed by atoms with Gasteiger partial charge in [-0.15, -0.1) is 0 Å². The van der Waals surface area contributed by atoms with Gasteiger partial charge < -0.3 is 10.1 Å². The molecule has 1 N–H and O–H groups in total. The van der Waals surface area contributed by atoms with E-state index in [1.807, 2.05) is 12.1 Å². The van der Waals surface area contributed by atoms with Crippen LogP contribution < -0.4 is 10.1 Å². The first-order valence-corrected chi connectivity index (χ1v) is 7.51. The summed E-state index contributed by atoms with van der Waals surface area (Å²) >= 11 is 0. The second-order valence-electron chi connectivity index (χ2n) is 5.46. The van der Waals surface area contributed by atoms with Crippen LogP contribution in [0.4, 0.5) is 4.39 Å². The largest absolute Gasteiger partial charge is 0.494 e. The van der Waals surface area contributed by atoms with E-state index in [2.05, 4.69) is 17.1 Å². The average Bonchev–Trinajstić information content (AvgIpc) is 2.94. The van der Waals surface area contributed by atoms with Crippen molar-refractivity contribution in [3.05, 3.63) is 29.6 Å². The van der Waals surface area contributed by atoms with Gasteiger partial charge in [0.05, 0.1) is 7.11 Å². The van der Waals surface area contributed by atoms with E-state index in [1.54, 1.807) is 6.07 Å². The van der Waals surface area contributed by atoms with Crippen molar-refractivity contribution in [3.63, 3.8) is 0 Å². The van der Waals surface area contributed by atoms with Crippen molar-refractivity contribution >= 4 is 0 Å². The van der Waals surface area contributed by atoms with Crippen molar-refractivity contribution in [2.45, 2.75) is 38.8 Å². The molecule has 1 unspecified atom stereocenters. The summed E-state index contributed by atoms with van der Waals surface area (Å²) in [6.07, 6.45) is 3.55. The SMILES string of the molecule is CCCN(Cc1cccc(OC)c1F)CC1CCCN1. The molecular formula is C16H25FN2O. The minimum atomic E-state index is -0.226. The fourth-order valence-corrected chi connectivity index (χ4v) is 2.85. The Morgan fingerprint density at radius 2 is 2.30 bits per heavy atom. The van der Waals surface area contributed by atoms with E-state index in [0.29, 0.717) is 18.3 Å². The topological polar surface area (TPSA) is 24.5 Å². The summed E-state index contributed by atoms with van der Waals surface area (Å²) in [6, 6.07) is 5.93. The van der Waals surface area contributed by atoms with E-state index in [0.717, 1.165) is 31.6 Å². The van der Waals surface area contributed by atoms with Crippen LogP contribution in [0.25, 0.3) is 0 Å². The zero-order valence-corrected chi connectivity index (χ0v) is 12.5. The number of rotatable bonds is 7. The molecule has 1 saturated heterocycles. The number of nitrogens with zero attached hydrogens (tertiary/aromatic N) is 1. The lowest BCUT2D eigenvalue weighted by Gasteiger charge is -2.25. The first-order chi connectivity index (χ1) is 9.74. The second-order valence-corrected chi connectivity index (χ2v) is 5.46. The van der Waals surface area contributed by atoms with Gasteiger partial charge in [0.2, 0.25) is 0 Å². The van der Waals surface area contributed by atoms with Gasteiger partial charge in [-0.3, -0.25) is 4.90 Å².